The molecule has 1 unspecified atom stereocenters. The van der Waals surface area contributed by atoms with E-state index in [1.807, 2.05) is 5.51 Å². The van der Waals surface area contributed by atoms with E-state index in [1.165, 1.54) is 0 Å². The van der Waals surface area contributed by atoms with E-state index in [2.05, 4.69) is 43.1 Å². The molecule has 0 spiro atoms. The average molecular weight is 227 g/mol. The van der Waals surface area contributed by atoms with Gasteiger partial charge >= 0.3 is 0 Å². The van der Waals surface area contributed by atoms with Gasteiger partial charge in [-0.15, -0.1) is 11.3 Å². The zero-order valence-electron chi connectivity index (χ0n) is 10.0. The van der Waals surface area contributed by atoms with Crippen LogP contribution >= 0.6 is 11.3 Å². The van der Waals surface area contributed by atoms with Gasteiger partial charge in [0, 0.05) is 18.0 Å². The number of hydrogen-bond donors (Lipinski definition) is 1. The molecule has 1 atom stereocenters. The van der Waals surface area contributed by atoms with Crippen molar-refractivity contribution in [3.63, 3.8) is 0 Å². The molecule has 1 aromatic heterocycles. The molecular formula is C11H21N3S. The summed E-state index contributed by atoms with van der Waals surface area (Å²) in [5, 5.41) is 2.11. The first-order valence-corrected chi connectivity index (χ1v) is 6.19. The van der Waals surface area contributed by atoms with E-state index in [0.29, 0.717) is 12.6 Å². The number of nitrogens with zero attached hydrogens (tertiary/aromatic N) is 2. The summed E-state index contributed by atoms with van der Waals surface area (Å²) >= 11 is 1.65. The molecule has 1 heterocycles. The average Bonchev–Trinajstić information content (AvgIpc) is 2.68. The smallest absolute Gasteiger partial charge is 0.0795 e. The van der Waals surface area contributed by atoms with Gasteiger partial charge in [-0.3, -0.25) is 4.90 Å². The van der Waals surface area contributed by atoms with Crippen molar-refractivity contribution in [3.8, 4) is 0 Å². The van der Waals surface area contributed by atoms with Crippen molar-refractivity contribution in [1.29, 1.82) is 0 Å². The molecule has 1 rings (SSSR count). The van der Waals surface area contributed by atoms with Gasteiger partial charge < -0.3 is 5.73 Å². The maximum atomic E-state index is 5.73. The molecule has 4 heteroatoms. The third kappa shape index (κ3) is 3.55. The molecule has 1 aromatic rings. The Labute approximate surface area is 96.3 Å². The first-order valence-electron chi connectivity index (χ1n) is 5.24. The molecule has 0 aromatic carbocycles. The number of hydrogen-bond acceptors (Lipinski definition) is 4. The van der Waals surface area contributed by atoms with Crippen molar-refractivity contribution in [2.24, 2.45) is 11.1 Å². The van der Waals surface area contributed by atoms with Crippen molar-refractivity contribution in [2.75, 3.05) is 20.1 Å². The Morgan fingerprint density at radius 1 is 1.60 bits per heavy atom. The number of rotatable bonds is 5. The first-order chi connectivity index (χ1) is 6.96. The van der Waals surface area contributed by atoms with Crippen molar-refractivity contribution >= 4 is 11.3 Å². The highest BCUT2D eigenvalue weighted by Gasteiger charge is 2.22. The molecule has 0 amide bonds. The molecule has 0 radical (unpaired) electrons. The van der Waals surface area contributed by atoms with Crippen LogP contribution in [0.1, 0.15) is 32.5 Å². The fourth-order valence-corrected chi connectivity index (χ4v) is 2.17. The second-order valence-electron chi connectivity index (χ2n) is 4.87. The van der Waals surface area contributed by atoms with Gasteiger partial charge in [0.2, 0.25) is 0 Å². The Morgan fingerprint density at radius 3 is 2.73 bits per heavy atom. The third-order valence-electron chi connectivity index (χ3n) is 2.77. The van der Waals surface area contributed by atoms with E-state index in [9.17, 15) is 0 Å². The standard InChI is InChI=1S/C11H21N3S/c1-9(10-5-15-8-13-10)14(4)7-11(2,3)6-12/h5,8-9H,6-7,12H2,1-4H3. The minimum atomic E-state index is 0.166. The molecule has 0 saturated heterocycles. The van der Waals surface area contributed by atoms with E-state index >= 15 is 0 Å². The summed E-state index contributed by atoms with van der Waals surface area (Å²) in [5.41, 5.74) is 8.93. The summed E-state index contributed by atoms with van der Waals surface area (Å²) in [6.07, 6.45) is 0. The summed E-state index contributed by atoms with van der Waals surface area (Å²) in [5.74, 6) is 0. The van der Waals surface area contributed by atoms with Crippen molar-refractivity contribution < 1.29 is 0 Å². The predicted molar refractivity (Wildman–Crippen MR) is 66.0 cm³/mol. The second-order valence-corrected chi connectivity index (χ2v) is 5.59. The topological polar surface area (TPSA) is 42.2 Å². The summed E-state index contributed by atoms with van der Waals surface area (Å²) in [6, 6.07) is 0.363. The Hall–Kier alpha value is -0.450. The summed E-state index contributed by atoms with van der Waals surface area (Å²) < 4.78 is 0. The van der Waals surface area contributed by atoms with Gasteiger partial charge in [-0.25, -0.2) is 4.98 Å². The quantitative estimate of drug-likeness (QED) is 0.838. The van der Waals surface area contributed by atoms with Crippen molar-refractivity contribution in [2.45, 2.75) is 26.8 Å². The Kier molecular flexibility index (Phi) is 4.25. The molecule has 2 N–H and O–H groups in total. The van der Waals surface area contributed by atoms with Gasteiger partial charge in [-0.1, -0.05) is 13.8 Å². The van der Waals surface area contributed by atoms with Gasteiger partial charge in [0.15, 0.2) is 0 Å². The maximum Gasteiger partial charge on any atom is 0.0795 e. The van der Waals surface area contributed by atoms with Crippen molar-refractivity contribution in [3.05, 3.63) is 16.6 Å². The van der Waals surface area contributed by atoms with Crippen LogP contribution in [-0.4, -0.2) is 30.0 Å². The lowest BCUT2D eigenvalue weighted by Gasteiger charge is -2.32. The molecule has 0 aliphatic rings. The molecule has 0 fully saturated rings. The molecule has 15 heavy (non-hydrogen) atoms. The first kappa shape index (κ1) is 12.6. The summed E-state index contributed by atoms with van der Waals surface area (Å²) in [7, 11) is 2.13. The van der Waals surface area contributed by atoms with E-state index in [0.717, 1.165) is 12.2 Å². The van der Waals surface area contributed by atoms with Gasteiger partial charge in [0.1, 0.15) is 0 Å². The third-order valence-corrected chi connectivity index (χ3v) is 3.38. The van der Waals surface area contributed by atoms with Crippen LogP contribution in [0.3, 0.4) is 0 Å². The van der Waals surface area contributed by atoms with E-state index in [4.69, 9.17) is 5.73 Å². The van der Waals surface area contributed by atoms with Gasteiger partial charge in [0.25, 0.3) is 0 Å². The molecular weight excluding hydrogens is 206 g/mol. The monoisotopic (exact) mass is 227 g/mol. The highest BCUT2D eigenvalue weighted by atomic mass is 32.1. The fourth-order valence-electron chi connectivity index (χ4n) is 1.53. The van der Waals surface area contributed by atoms with E-state index in [1.54, 1.807) is 11.3 Å². The minimum absolute atomic E-state index is 0.166. The molecule has 0 saturated carbocycles. The predicted octanol–water partition coefficient (Wildman–Crippen LogP) is 2.12. The van der Waals surface area contributed by atoms with Crippen LogP contribution in [0, 0.1) is 5.41 Å². The molecule has 0 aliphatic carbocycles. The van der Waals surface area contributed by atoms with Crippen LogP contribution in [-0.2, 0) is 0 Å². The van der Waals surface area contributed by atoms with Gasteiger partial charge in [0.05, 0.1) is 11.2 Å². The molecule has 0 bridgehead atoms. The van der Waals surface area contributed by atoms with Gasteiger partial charge in [-0.2, -0.15) is 0 Å². The fraction of sp³-hybridized carbons (Fsp3) is 0.727. The molecule has 3 nitrogen and oxygen atoms in total. The Balaban J connectivity index is 2.58. The molecule has 0 aliphatic heterocycles. The highest BCUT2D eigenvalue weighted by molar-refractivity contribution is 7.07. The summed E-state index contributed by atoms with van der Waals surface area (Å²) in [4.78, 5) is 6.65. The van der Waals surface area contributed by atoms with Crippen LogP contribution in [0.5, 0.6) is 0 Å². The van der Waals surface area contributed by atoms with E-state index in [-0.39, 0.29) is 5.41 Å². The van der Waals surface area contributed by atoms with Crippen LogP contribution < -0.4 is 5.73 Å². The highest BCUT2D eigenvalue weighted by Crippen LogP contribution is 2.23. The Morgan fingerprint density at radius 2 is 2.27 bits per heavy atom. The van der Waals surface area contributed by atoms with Crippen LogP contribution in [0.15, 0.2) is 10.9 Å². The zero-order chi connectivity index (χ0) is 11.5. The number of thiazole rings is 1. The summed E-state index contributed by atoms with van der Waals surface area (Å²) in [6.45, 7) is 8.26. The number of aromatic nitrogens is 1. The second kappa shape index (κ2) is 5.05. The lowest BCUT2D eigenvalue weighted by atomic mass is 9.92. The zero-order valence-corrected chi connectivity index (χ0v) is 10.8. The number of nitrogens with two attached hydrogens (primary N) is 1. The van der Waals surface area contributed by atoms with Crippen LogP contribution in [0.2, 0.25) is 0 Å². The minimum Gasteiger partial charge on any atom is -0.330 e. The SMILES string of the molecule is CC(c1cscn1)N(C)CC(C)(C)CN. The maximum absolute atomic E-state index is 5.73. The Bertz CT molecular complexity index is 282. The lowest BCUT2D eigenvalue weighted by molar-refractivity contribution is 0.172. The normalized spacial score (nSPS) is 14.5. The van der Waals surface area contributed by atoms with Gasteiger partial charge in [-0.05, 0) is 25.9 Å². The largest absolute Gasteiger partial charge is 0.330 e. The lowest BCUT2D eigenvalue weighted by Crippen LogP contribution is -2.37. The molecule has 86 valence electrons. The van der Waals surface area contributed by atoms with Crippen LogP contribution in [0.25, 0.3) is 0 Å². The van der Waals surface area contributed by atoms with Crippen LogP contribution in [0.4, 0.5) is 0 Å². The van der Waals surface area contributed by atoms with E-state index < -0.39 is 0 Å². The van der Waals surface area contributed by atoms with Crippen molar-refractivity contribution in [1.82, 2.24) is 9.88 Å².